The summed E-state index contributed by atoms with van der Waals surface area (Å²) in [5.74, 6) is 0.668. The third kappa shape index (κ3) is 3.32. The molecule has 2 heterocycles. The molecule has 0 unspecified atom stereocenters. The number of aromatic nitrogens is 3. The van der Waals surface area contributed by atoms with Crippen molar-refractivity contribution in [2.24, 2.45) is 0 Å². The Labute approximate surface area is 163 Å². The molecule has 140 valence electrons. The van der Waals surface area contributed by atoms with Gasteiger partial charge in [-0.1, -0.05) is 42.5 Å². The zero-order valence-electron chi connectivity index (χ0n) is 15.7. The van der Waals surface area contributed by atoms with Crippen molar-refractivity contribution in [3.05, 3.63) is 84.2 Å². The van der Waals surface area contributed by atoms with Crippen molar-refractivity contribution in [1.82, 2.24) is 19.5 Å². The second kappa shape index (κ2) is 7.52. The van der Waals surface area contributed by atoms with Gasteiger partial charge < -0.3 is 9.64 Å². The molecule has 0 fully saturated rings. The molecule has 0 aliphatic rings. The maximum Gasteiger partial charge on any atom is 0.259 e. The summed E-state index contributed by atoms with van der Waals surface area (Å²) in [6.45, 7) is 0.485. The molecule has 0 aliphatic carbocycles. The summed E-state index contributed by atoms with van der Waals surface area (Å²) < 4.78 is 6.89. The Balaban J connectivity index is 1.62. The van der Waals surface area contributed by atoms with Crippen LogP contribution in [0.25, 0.3) is 16.9 Å². The molecule has 0 saturated carbocycles. The number of ether oxygens (including phenoxy) is 1. The van der Waals surface area contributed by atoms with Crippen LogP contribution in [0.15, 0.2) is 73.1 Å². The Morgan fingerprint density at radius 1 is 1.07 bits per heavy atom. The van der Waals surface area contributed by atoms with Gasteiger partial charge in [-0.15, -0.1) is 0 Å². The molecule has 2 aromatic heterocycles. The first-order chi connectivity index (χ1) is 13.7. The maximum absolute atomic E-state index is 13.0. The molecule has 2 aromatic carbocycles. The van der Waals surface area contributed by atoms with Crippen LogP contribution in [0.3, 0.4) is 0 Å². The molecule has 0 atom stereocenters. The highest BCUT2D eigenvalue weighted by atomic mass is 16.5. The van der Waals surface area contributed by atoms with Gasteiger partial charge in [-0.2, -0.15) is 5.10 Å². The van der Waals surface area contributed by atoms with Gasteiger partial charge in [0.05, 0.1) is 19.0 Å². The minimum absolute atomic E-state index is 0.122. The number of carbonyl (C=O) groups is 1. The molecule has 6 heteroatoms. The highest BCUT2D eigenvalue weighted by molar-refractivity contribution is 5.99. The number of fused-ring (bicyclic) bond motifs is 1. The molecule has 4 rings (SSSR count). The predicted molar refractivity (Wildman–Crippen MR) is 107 cm³/mol. The molecule has 28 heavy (non-hydrogen) atoms. The number of hydrogen-bond donors (Lipinski definition) is 0. The summed E-state index contributed by atoms with van der Waals surface area (Å²) in [5.41, 5.74) is 3.96. The predicted octanol–water partition coefficient (Wildman–Crippen LogP) is 3.68. The Morgan fingerprint density at radius 2 is 1.82 bits per heavy atom. The van der Waals surface area contributed by atoms with E-state index in [9.17, 15) is 4.79 Å². The SMILES string of the molecule is COc1ccc(CN(C)C(=O)c2cnn3c(-c4ccccc4)ccnc23)cc1. The average molecular weight is 372 g/mol. The van der Waals surface area contributed by atoms with E-state index in [0.29, 0.717) is 17.8 Å². The van der Waals surface area contributed by atoms with Crippen molar-refractivity contribution in [3.63, 3.8) is 0 Å². The maximum atomic E-state index is 13.0. The lowest BCUT2D eigenvalue weighted by molar-refractivity contribution is 0.0787. The summed E-state index contributed by atoms with van der Waals surface area (Å²) in [7, 11) is 3.41. The summed E-state index contributed by atoms with van der Waals surface area (Å²) in [5, 5.41) is 4.42. The largest absolute Gasteiger partial charge is 0.497 e. The fourth-order valence-corrected chi connectivity index (χ4v) is 3.15. The molecule has 0 saturated heterocycles. The first-order valence-electron chi connectivity index (χ1n) is 8.94. The normalized spacial score (nSPS) is 10.8. The van der Waals surface area contributed by atoms with Crippen LogP contribution in [-0.4, -0.2) is 39.6 Å². The van der Waals surface area contributed by atoms with Gasteiger partial charge in [-0.25, -0.2) is 9.50 Å². The van der Waals surface area contributed by atoms with E-state index in [-0.39, 0.29) is 5.91 Å². The van der Waals surface area contributed by atoms with Gasteiger partial charge >= 0.3 is 0 Å². The second-order valence-corrected chi connectivity index (χ2v) is 6.50. The lowest BCUT2D eigenvalue weighted by Crippen LogP contribution is -2.26. The Kier molecular flexibility index (Phi) is 4.76. The zero-order chi connectivity index (χ0) is 19.5. The van der Waals surface area contributed by atoms with Crippen LogP contribution in [0, 0.1) is 0 Å². The van der Waals surface area contributed by atoms with Crippen LogP contribution in [0.4, 0.5) is 0 Å². The van der Waals surface area contributed by atoms with E-state index < -0.39 is 0 Å². The van der Waals surface area contributed by atoms with Gasteiger partial charge in [-0.3, -0.25) is 4.79 Å². The molecule has 1 amide bonds. The number of rotatable bonds is 5. The summed E-state index contributed by atoms with van der Waals surface area (Å²) >= 11 is 0. The monoisotopic (exact) mass is 372 g/mol. The molecule has 0 spiro atoms. The number of carbonyl (C=O) groups excluding carboxylic acids is 1. The van der Waals surface area contributed by atoms with E-state index in [4.69, 9.17) is 4.74 Å². The number of methoxy groups -OCH3 is 1. The second-order valence-electron chi connectivity index (χ2n) is 6.50. The Bertz CT molecular complexity index is 1100. The van der Waals surface area contributed by atoms with Crippen molar-refractivity contribution in [1.29, 1.82) is 0 Å². The van der Waals surface area contributed by atoms with Crippen LogP contribution in [0.5, 0.6) is 5.75 Å². The fraction of sp³-hybridized carbons (Fsp3) is 0.136. The number of amides is 1. The van der Waals surface area contributed by atoms with E-state index in [1.807, 2.05) is 60.7 Å². The van der Waals surface area contributed by atoms with Crippen LogP contribution in [0.1, 0.15) is 15.9 Å². The van der Waals surface area contributed by atoms with Crippen LogP contribution in [0.2, 0.25) is 0 Å². The van der Waals surface area contributed by atoms with Crippen molar-refractivity contribution in [3.8, 4) is 17.0 Å². The van der Waals surface area contributed by atoms with Gasteiger partial charge in [0.2, 0.25) is 0 Å². The van der Waals surface area contributed by atoms with Gasteiger partial charge in [0, 0.05) is 25.4 Å². The topological polar surface area (TPSA) is 59.7 Å². The Hall–Kier alpha value is -3.67. The van der Waals surface area contributed by atoms with Gasteiger partial charge in [0.1, 0.15) is 11.3 Å². The van der Waals surface area contributed by atoms with Crippen molar-refractivity contribution in [2.75, 3.05) is 14.2 Å². The van der Waals surface area contributed by atoms with Crippen molar-refractivity contribution >= 4 is 11.6 Å². The van der Waals surface area contributed by atoms with Crippen molar-refractivity contribution < 1.29 is 9.53 Å². The number of nitrogens with zero attached hydrogens (tertiary/aromatic N) is 4. The third-order valence-electron chi connectivity index (χ3n) is 4.63. The zero-order valence-corrected chi connectivity index (χ0v) is 15.7. The van der Waals surface area contributed by atoms with E-state index in [2.05, 4.69) is 10.1 Å². The van der Waals surface area contributed by atoms with Gasteiger partial charge in [-0.05, 0) is 23.8 Å². The number of hydrogen-bond acceptors (Lipinski definition) is 4. The highest BCUT2D eigenvalue weighted by Crippen LogP contribution is 2.21. The summed E-state index contributed by atoms with van der Waals surface area (Å²) in [6.07, 6.45) is 3.29. The lowest BCUT2D eigenvalue weighted by Gasteiger charge is -2.16. The molecule has 0 N–H and O–H groups in total. The molecular weight excluding hydrogens is 352 g/mol. The smallest absolute Gasteiger partial charge is 0.259 e. The van der Waals surface area contributed by atoms with Crippen LogP contribution in [-0.2, 0) is 6.54 Å². The standard InChI is InChI=1S/C22H20N4O2/c1-25(15-16-8-10-18(28-2)11-9-16)22(27)19-14-24-26-20(12-13-23-21(19)26)17-6-4-3-5-7-17/h3-14H,15H2,1-2H3. The minimum atomic E-state index is -0.122. The Morgan fingerprint density at radius 3 is 2.54 bits per heavy atom. The van der Waals surface area contributed by atoms with Gasteiger partial charge in [0.15, 0.2) is 5.65 Å². The van der Waals surface area contributed by atoms with E-state index in [1.165, 1.54) is 0 Å². The molecule has 0 radical (unpaired) electrons. The first kappa shape index (κ1) is 17.7. The number of benzene rings is 2. The van der Waals surface area contributed by atoms with Crippen LogP contribution >= 0.6 is 0 Å². The molecule has 4 aromatic rings. The highest BCUT2D eigenvalue weighted by Gasteiger charge is 2.19. The summed E-state index contributed by atoms with van der Waals surface area (Å²) in [4.78, 5) is 19.1. The molecule has 0 aliphatic heterocycles. The van der Waals surface area contributed by atoms with Crippen molar-refractivity contribution in [2.45, 2.75) is 6.54 Å². The fourth-order valence-electron chi connectivity index (χ4n) is 3.15. The molecular formula is C22H20N4O2. The quantitative estimate of drug-likeness (QED) is 0.536. The van der Waals surface area contributed by atoms with E-state index >= 15 is 0 Å². The van der Waals surface area contributed by atoms with E-state index in [1.54, 1.807) is 36.0 Å². The summed E-state index contributed by atoms with van der Waals surface area (Å²) in [6, 6.07) is 19.5. The minimum Gasteiger partial charge on any atom is -0.497 e. The lowest BCUT2D eigenvalue weighted by atomic mass is 10.1. The van der Waals surface area contributed by atoms with Gasteiger partial charge in [0.25, 0.3) is 5.91 Å². The first-order valence-corrected chi connectivity index (χ1v) is 8.94. The average Bonchev–Trinajstić information content (AvgIpc) is 3.18. The molecule has 0 bridgehead atoms. The van der Waals surface area contributed by atoms with E-state index in [0.717, 1.165) is 22.6 Å². The van der Waals surface area contributed by atoms with Crippen LogP contribution < -0.4 is 4.74 Å². The molecule has 6 nitrogen and oxygen atoms in total. The third-order valence-corrected chi connectivity index (χ3v) is 4.63.